The quantitative estimate of drug-likeness (QED) is 0.562. The lowest BCUT2D eigenvalue weighted by molar-refractivity contribution is 0.0451. The van der Waals surface area contributed by atoms with Crippen molar-refractivity contribution in [1.29, 1.82) is 0 Å². The van der Waals surface area contributed by atoms with E-state index in [4.69, 9.17) is 34.7 Å². The van der Waals surface area contributed by atoms with Crippen molar-refractivity contribution in [1.82, 2.24) is 0 Å². The van der Waals surface area contributed by atoms with Gasteiger partial charge < -0.3 is 11.5 Å². The predicted octanol–water partition coefficient (Wildman–Crippen LogP) is 4.82. The topological polar surface area (TPSA) is 52.0 Å². The summed E-state index contributed by atoms with van der Waals surface area (Å²) >= 11 is 13.6. The van der Waals surface area contributed by atoms with E-state index in [0.29, 0.717) is 11.8 Å². The minimum atomic E-state index is -0.653. The summed E-state index contributed by atoms with van der Waals surface area (Å²) < 4.78 is 0. The van der Waals surface area contributed by atoms with Gasteiger partial charge in [0.2, 0.25) is 0 Å². The minimum absolute atomic E-state index is 0.0365. The zero-order valence-electron chi connectivity index (χ0n) is 14.0. The van der Waals surface area contributed by atoms with Gasteiger partial charge in [-0.25, -0.2) is 0 Å². The third-order valence-corrected chi connectivity index (χ3v) is 8.18. The second-order valence-electron chi connectivity index (χ2n) is 8.72. The van der Waals surface area contributed by atoms with Crippen LogP contribution in [-0.4, -0.2) is 10.00 Å². The summed E-state index contributed by atoms with van der Waals surface area (Å²) in [6.07, 6.45) is 7.70. The second kappa shape index (κ2) is 5.54. The molecule has 0 spiro atoms. The van der Waals surface area contributed by atoms with Crippen molar-refractivity contribution >= 4 is 23.2 Å². The molecule has 0 bridgehead atoms. The Morgan fingerprint density at radius 3 is 1.48 bits per heavy atom. The normalized spacial score (nSPS) is 46.3. The summed E-state index contributed by atoms with van der Waals surface area (Å²) in [6.45, 7) is 8.75. The highest BCUT2D eigenvalue weighted by molar-refractivity contribution is 6.24. The molecule has 0 aromatic carbocycles. The van der Waals surface area contributed by atoms with Crippen LogP contribution < -0.4 is 11.5 Å². The number of hydrogen-bond donors (Lipinski definition) is 2. The predicted molar refractivity (Wildman–Crippen MR) is 92.4 cm³/mol. The summed E-state index contributed by atoms with van der Waals surface area (Å²) in [4.78, 5) is -1.31. The highest BCUT2D eigenvalue weighted by atomic mass is 35.5. The lowest BCUT2D eigenvalue weighted by atomic mass is 9.61. The van der Waals surface area contributed by atoms with Gasteiger partial charge in [-0.05, 0) is 54.8 Å². The maximum absolute atomic E-state index is 6.81. The molecule has 2 rings (SSSR count). The van der Waals surface area contributed by atoms with E-state index in [9.17, 15) is 0 Å². The van der Waals surface area contributed by atoms with Crippen LogP contribution in [0.2, 0.25) is 0 Å². The molecule has 2 aliphatic rings. The zero-order chi connectivity index (χ0) is 16.1. The number of nitrogens with two attached hydrogens (primary N) is 2. The maximum atomic E-state index is 6.81. The largest absolute Gasteiger partial charge is 0.312 e. The number of hydrogen-bond acceptors (Lipinski definition) is 2. The summed E-state index contributed by atoms with van der Waals surface area (Å²) in [5, 5.41) is 0. The summed E-state index contributed by atoms with van der Waals surface area (Å²) in [5.41, 5.74) is 13.0. The van der Waals surface area contributed by atoms with Crippen LogP contribution in [0.25, 0.3) is 0 Å². The third kappa shape index (κ3) is 2.98. The van der Waals surface area contributed by atoms with Crippen molar-refractivity contribution in [3.8, 4) is 0 Å². The molecule has 0 amide bonds. The van der Waals surface area contributed by atoms with Gasteiger partial charge in [0.05, 0.1) is 10.00 Å². The molecule has 0 heterocycles. The lowest BCUT2D eigenvalue weighted by Crippen LogP contribution is -2.60. The van der Waals surface area contributed by atoms with E-state index in [-0.39, 0.29) is 10.8 Å². The molecule has 4 atom stereocenters. The Bertz CT molecular complexity index is 352. The van der Waals surface area contributed by atoms with Crippen molar-refractivity contribution in [2.24, 2.45) is 34.1 Å². The Morgan fingerprint density at radius 1 is 0.810 bits per heavy atom. The first-order valence-electron chi connectivity index (χ1n) is 8.37. The van der Waals surface area contributed by atoms with Gasteiger partial charge in [0.15, 0.2) is 0 Å². The number of halogens is 2. The average Bonchev–Trinajstić information content (AvgIpc) is 2.31. The van der Waals surface area contributed by atoms with Gasteiger partial charge in [-0.2, -0.15) is 0 Å². The summed E-state index contributed by atoms with van der Waals surface area (Å²) in [7, 11) is 0. The van der Waals surface area contributed by atoms with Crippen molar-refractivity contribution in [2.75, 3.05) is 0 Å². The second-order valence-corrected chi connectivity index (χ2v) is 9.97. The summed E-state index contributed by atoms with van der Waals surface area (Å²) in [5.74, 6) is 0.590. The van der Waals surface area contributed by atoms with E-state index in [0.717, 1.165) is 32.1 Å². The maximum Gasteiger partial charge on any atom is 0.0990 e. The molecule has 0 saturated heterocycles. The van der Waals surface area contributed by atoms with Crippen LogP contribution in [0, 0.1) is 22.7 Å². The standard InChI is InChI=1S/C17H32Cl2N2/c1-14(2)9-5-7-12(16(14,18)20)11-13-8-6-10-15(3,4)17(13,19)21/h12-13H,5-11,20-21H2,1-4H3. The monoisotopic (exact) mass is 334 g/mol. The molecule has 4 unspecified atom stereocenters. The van der Waals surface area contributed by atoms with Crippen LogP contribution in [0.4, 0.5) is 0 Å². The van der Waals surface area contributed by atoms with Gasteiger partial charge in [-0.15, -0.1) is 23.2 Å². The van der Waals surface area contributed by atoms with Crippen molar-refractivity contribution in [3.05, 3.63) is 0 Å². The van der Waals surface area contributed by atoms with Crippen molar-refractivity contribution in [2.45, 2.75) is 82.6 Å². The van der Waals surface area contributed by atoms with Crippen LogP contribution in [0.1, 0.15) is 72.6 Å². The fourth-order valence-electron chi connectivity index (χ4n) is 4.41. The molecular weight excluding hydrogens is 303 g/mol. The Hall–Kier alpha value is 0.500. The molecule has 0 aliphatic heterocycles. The first-order chi connectivity index (χ1) is 9.42. The molecule has 0 aromatic rings. The molecule has 0 radical (unpaired) electrons. The fourth-order valence-corrected chi connectivity index (χ4v) is 5.00. The van der Waals surface area contributed by atoms with Gasteiger partial charge in [-0.3, -0.25) is 0 Å². The average molecular weight is 335 g/mol. The SMILES string of the molecule is CC1(C)CCCC(CC2CCCC(C)(C)C2(N)Cl)C1(N)Cl. The Labute approximate surface area is 140 Å². The van der Waals surface area contributed by atoms with E-state index < -0.39 is 10.00 Å². The molecule has 2 saturated carbocycles. The molecule has 2 fully saturated rings. The van der Waals surface area contributed by atoms with E-state index in [2.05, 4.69) is 27.7 Å². The molecule has 4 heteroatoms. The Balaban J connectivity index is 2.17. The minimum Gasteiger partial charge on any atom is -0.312 e. The molecule has 21 heavy (non-hydrogen) atoms. The molecule has 4 N–H and O–H groups in total. The van der Waals surface area contributed by atoms with E-state index in [1.807, 2.05) is 0 Å². The first-order valence-corrected chi connectivity index (χ1v) is 9.13. The molecular formula is C17H32Cl2N2. The van der Waals surface area contributed by atoms with Gasteiger partial charge in [0, 0.05) is 0 Å². The first kappa shape index (κ1) is 17.8. The molecule has 2 nitrogen and oxygen atoms in total. The highest BCUT2D eigenvalue weighted by Gasteiger charge is 2.53. The molecule has 0 aromatic heterocycles. The third-order valence-electron chi connectivity index (χ3n) is 6.54. The lowest BCUT2D eigenvalue weighted by Gasteiger charge is -2.53. The Kier molecular flexibility index (Phi) is 4.71. The van der Waals surface area contributed by atoms with Crippen LogP contribution in [-0.2, 0) is 0 Å². The van der Waals surface area contributed by atoms with E-state index >= 15 is 0 Å². The van der Waals surface area contributed by atoms with Crippen LogP contribution in [0.3, 0.4) is 0 Å². The molecule has 2 aliphatic carbocycles. The molecule has 124 valence electrons. The van der Waals surface area contributed by atoms with Crippen molar-refractivity contribution in [3.63, 3.8) is 0 Å². The van der Waals surface area contributed by atoms with Gasteiger partial charge in [-0.1, -0.05) is 40.5 Å². The van der Waals surface area contributed by atoms with Gasteiger partial charge in [0.1, 0.15) is 0 Å². The Morgan fingerprint density at radius 2 is 1.14 bits per heavy atom. The highest BCUT2D eigenvalue weighted by Crippen LogP contribution is 2.55. The fraction of sp³-hybridized carbons (Fsp3) is 1.00. The zero-order valence-corrected chi connectivity index (χ0v) is 15.5. The summed E-state index contributed by atoms with van der Waals surface area (Å²) in [6, 6.07) is 0. The smallest absolute Gasteiger partial charge is 0.0990 e. The van der Waals surface area contributed by atoms with Crippen molar-refractivity contribution < 1.29 is 0 Å². The number of rotatable bonds is 2. The van der Waals surface area contributed by atoms with Crippen LogP contribution in [0.5, 0.6) is 0 Å². The van der Waals surface area contributed by atoms with E-state index in [1.165, 1.54) is 12.8 Å². The van der Waals surface area contributed by atoms with Crippen LogP contribution >= 0.6 is 23.2 Å². The number of alkyl halides is 2. The van der Waals surface area contributed by atoms with E-state index in [1.54, 1.807) is 0 Å². The van der Waals surface area contributed by atoms with Gasteiger partial charge >= 0.3 is 0 Å². The van der Waals surface area contributed by atoms with Gasteiger partial charge in [0.25, 0.3) is 0 Å². The van der Waals surface area contributed by atoms with Crippen LogP contribution in [0.15, 0.2) is 0 Å².